The first-order valence-corrected chi connectivity index (χ1v) is 6.67. The number of hydrogen-bond donors (Lipinski definition) is 1. The third-order valence-electron chi connectivity index (χ3n) is 3.01. The zero-order valence-corrected chi connectivity index (χ0v) is 12.4. The van der Waals surface area contributed by atoms with Crippen LogP contribution in [0.15, 0.2) is 41.3 Å². The Kier molecular flexibility index (Phi) is 5.13. The van der Waals surface area contributed by atoms with Gasteiger partial charge in [0.25, 0.3) is 11.5 Å². The van der Waals surface area contributed by atoms with Crippen molar-refractivity contribution in [3.05, 3.63) is 52.4 Å². The molecule has 2 aromatic rings. The minimum absolute atomic E-state index is 0.209. The highest BCUT2D eigenvalue weighted by Crippen LogP contribution is 2.22. The van der Waals surface area contributed by atoms with Gasteiger partial charge in [0.2, 0.25) is 0 Å². The highest BCUT2D eigenvalue weighted by molar-refractivity contribution is 5.95. The molecule has 0 radical (unpaired) electrons. The van der Waals surface area contributed by atoms with Gasteiger partial charge in [0.15, 0.2) is 0 Å². The predicted molar refractivity (Wildman–Crippen MR) is 80.4 cm³/mol. The Bertz CT molecular complexity index is 690. The van der Waals surface area contributed by atoms with E-state index >= 15 is 0 Å². The molecule has 0 unspecified atom stereocenters. The Labute approximate surface area is 127 Å². The topological polar surface area (TPSA) is 82.4 Å². The van der Waals surface area contributed by atoms with Crippen LogP contribution in [0.25, 0.3) is 0 Å². The molecule has 0 aliphatic carbocycles. The molecule has 0 fully saturated rings. The average Bonchev–Trinajstić information content (AvgIpc) is 2.55. The van der Waals surface area contributed by atoms with Crippen molar-refractivity contribution >= 4 is 5.91 Å². The molecular formula is C15H17N3O4. The summed E-state index contributed by atoms with van der Waals surface area (Å²) < 4.78 is 11.5. The molecule has 0 saturated carbocycles. The van der Waals surface area contributed by atoms with Crippen molar-refractivity contribution in [2.75, 3.05) is 20.8 Å². The first kappa shape index (κ1) is 15.6. The molecular weight excluding hydrogens is 286 g/mol. The molecule has 0 aliphatic rings. The van der Waals surface area contributed by atoms with E-state index in [1.807, 2.05) is 0 Å². The van der Waals surface area contributed by atoms with Crippen LogP contribution in [0.3, 0.4) is 0 Å². The third kappa shape index (κ3) is 3.85. The number of benzene rings is 1. The van der Waals surface area contributed by atoms with Gasteiger partial charge in [-0.3, -0.25) is 9.59 Å². The first-order valence-electron chi connectivity index (χ1n) is 6.67. The largest absolute Gasteiger partial charge is 0.497 e. The maximum atomic E-state index is 12.1. The number of carbonyl (C=O) groups excluding carboxylic acids is 1. The van der Waals surface area contributed by atoms with Gasteiger partial charge in [0, 0.05) is 30.4 Å². The SMILES string of the molecule is COc1cc(OC)cc(C(=O)NCCn2ncccc2=O)c1. The zero-order valence-electron chi connectivity index (χ0n) is 12.4. The molecule has 1 aromatic carbocycles. The fraction of sp³-hybridized carbons (Fsp3) is 0.267. The number of nitrogens with zero attached hydrogens (tertiary/aromatic N) is 2. The normalized spacial score (nSPS) is 10.1. The van der Waals surface area contributed by atoms with Gasteiger partial charge in [-0.2, -0.15) is 5.10 Å². The molecule has 7 nitrogen and oxygen atoms in total. The molecule has 1 aromatic heterocycles. The van der Waals surface area contributed by atoms with Gasteiger partial charge in [-0.1, -0.05) is 0 Å². The fourth-order valence-corrected chi connectivity index (χ4v) is 1.87. The lowest BCUT2D eigenvalue weighted by molar-refractivity contribution is 0.0951. The van der Waals surface area contributed by atoms with E-state index in [-0.39, 0.29) is 18.0 Å². The highest BCUT2D eigenvalue weighted by atomic mass is 16.5. The summed E-state index contributed by atoms with van der Waals surface area (Å²) in [7, 11) is 3.04. The predicted octanol–water partition coefficient (Wildman–Crippen LogP) is 0.690. The van der Waals surface area contributed by atoms with Gasteiger partial charge in [-0.15, -0.1) is 0 Å². The van der Waals surface area contributed by atoms with Crippen LogP contribution in [0, 0.1) is 0 Å². The summed E-state index contributed by atoms with van der Waals surface area (Å²) in [5.74, 6) is 0.789. The van der Waals surface area contributed by atoms with Crippen LogP contribution >= 0.6 is 0 Å². The second-order valence-corrected chi connectivity index (χ2v) is 4.44. The second kappa shape index (κ2) is 7.26. The quantitative estimate of drug-likeness (QED) is 0.849. The Balaban J connectivity index is 2.00. The van der Waals surface area contributed by atoms with Gasteiger partial charge in [0.1, 0.15) is 11.5 Å². The van der Waals surface area contributed by atoms with Crippen molar-refractivity contribution in [2.24, 2.45) is 0 Å². The van der Waals surface area contributed by atoms with Gasteiger partial charge >= 0.3 is 0 Å². The molecule has 1 heterocycles. The molecule has 1 N–H and O–H groups in total. The maximum Gasteiger partial charge on any atom is 0.266 e. The smallest absolute Gasteiger partial charge is 0.266 e. The first-order chi connectivity index (χ1) is 10.6. The molecule has 7 heteroatoms. The Morgan fingerprint density at radius 3 is 2.50 bits per heavy atom. The van der Waals surface area contributed by atoms with Crippen LogP contribution in [0.4, 0.5) is 0 Å². The molecule has 0 saturated heterocycles. The lowest BCUT2D eigenvalue weighted by Gasteiger charge is -2.09. The van der Waals surface area contributed by atoms with Gasteiger partial charge in [0.05, 0.1) is 20.8 Å². The highest BCUT2D eigenvalue weighted by Gasteiger charge is 2.09. The fourth-order valence-electron chi connectivity index (χ4n) is 1.87. The standard InChI is InChI=1S/C15H17N3O4/c1-21-12-8-11(9-13(10-12)22-2)15(20)16-6-7-18-14(19)4-3-5-17-18/h3-5,8-10H,6-7H2,1-2H3,(H,16,20). The van der Waals surface area contributed by atoms with E-state index in [9.17, 15) is 9.59 Å². The van der Waals surface area contributed by atoms with E-state index in [2.05, 4.69) is 10.4 Å². The summed E-state index contributed by atoms with van der Waals surface area (Å²) in [5, 5.41) is 6.64. The van der Waals surface area contributed by atoms with Crippen molar-refractivity contribution < 1.29 is 14.3 Å². The number of methoxy groups -OCH3 is 2. The summed E-state index contributed by atoms with van der Waals surface area (Å²) in [6.45, 7) is 0.585. The lowest BCUT2D eigenvalue weighted by atomic mass is 10.2. The van der Waals surface area contributed by atoms with E-state index in [1.54, 1.807) is 24.3 Å². The van der Waals surface area contributed by atoms with Gasteiger partial charge < -0.3 is 14.8 Å². The molecule has 116 valence electrons. The monoisotopic (exact) mass is 303 g/mol. The Morgan fingerprint density at radius 1 is 1.23 bits per heavy atom. The number of amides is 1. The summed E-state index contributed by atoms with van der Waals surface area (Å²) in [6.07, 6.45) is 1.52. The van der Waals surface area contributed by atoms with Crippen LogP contribution in [-0.2, 0) is 6.54 Å². The van der Waals surface area contributed by atoms with Crippen molar-refractivity contribution in [1.82, 2.24) is 15.1 Å². The number of rotatable bonds is 6. The molecule has 2 rings (SSSR count). The number of aromatic nitrogens is 2. The minimum atomic E-state index is -0.277. The van der Waals surface area contributed by atoms with Gasteiger partial charge in [-0.25, -0.2) is 4.68 Å². The average molecular weight is 303 g/mol. The Hall–Kier alpha value is -2.83. The number of nitrogens with one attached hydrogen (secondary N) is 1. The third-order valence-corrected chi connectivity index (χ3v) is 3.01. The van der Waals surface area contributed by atoms with E-state index in [0.717, 1.165) is 0 Å². The molecule has 22 heavy (non-hydrogen) atoms. The minimum Gasteiger partial charge on any atom is -0.497 e. The molecule has 0 spiro atoms. The lowest BCUT2D eigenvalue weighted by Crippen LogP contribution is -2.31. The van der Waals surface area contributed by atoms with Crippen LogP contribution in [0.5, 0.6) is 11.5 Å². The molecule has 1 amide bonds. The second-order valence-electron chi connectivity index (χ2n) is 4.44. The number of carbonyl (C=O) groups is 1. The van der Waals surface area contributed by atoms with Crippen LogP contribution in [0.2, 0.25) is 0 Å². The van der Waals surface area contributed by atoms with Crippen LogP contribution in [0.1, 0.15) is 10.4 Å². The van der Waals surface area contributed by atoms with Gasteiger partial charge in [-0.05, 0) is 18.2 Å². The van der Waals surface area contributed by atoms with Crippen molar-refractivity contribution in [3.8, 4) is 11.5 Å². The Morgan fingerprint density at radius 2 is 1.91 bits per heavy atom. The summed E-state index contributed by atoms with van der Waals surface area (Å²) in [5.41, 5.74) is 0.212. The van der Waals surface area contributed by atoms with Crippen molar-refractivity contribution in [3.63, 3.8) is 0 Å². The molecule has 0 atom stereocenters. The van der Waals surface area contributed by atoms with E-state index in [1.165, 1.54) is 31.2 Å². The molecule has 0 aliphatic heterocycles. The summed E-state index contributed by atoms with van der Waals surface area (Å²) in [6, 6.07) is 7.90. The van der Waals surface area contributed by atoms with E-state index < -0.39 is 0 Å². The van der Waals surface area contributed by atoms with Crippen molar-refractivity contribution in [2.45, 2.75) is 6.54 Å². The van der Waals surface area contributed by atoms with Crippen molar-refractivity contribution in [1.29, 1.82) is 0 Å². The summed E-state index contributed by atoms with van der Waals surface area (Å²) in [4.78, 5) is 23.6. The van der Waals surface area contributed by atoms with E-state index in [4.69, 9.17) is 9.47 Å². The number of ether oxygens (including phenoxy) is 2. The summed E-state index contributed by atoms with van der Waals surface area (Å²) >= 11 is 0. The molecule has 0 bridgehead atoms. The number of hydrogen-bond acceptors (Lipinski definition) is 5. The maximum absolute atomic E-state index is 12.1. The van der Waals surface area contributed by atoms with Crippen LogP contribution in [-0.4, -0.2) is 36.5 Å². The van der Waals surface area contributed by atoms with Crippen LogP contribution < -0.4 is 20.3 Å². The zero-order chi connectivity index (χ0) is 15.9. The van der Waals surface area contributed by atoms with E-state index in [0.29, 0.717) is 23.6 Å².